The number of hydrogen-bond donors (Lipinski definition) is 2. The number of hydrogen-bond acceptors (Lipinski definition) is 6. The lowest BCUT2D eigenvalue weighted by atomic mass is 9.94. The van der Waals surface area contributed by atoms with Gasteiger partial charge in [-0.05, 0) is 100.0 Å². The van der Waals surface area contributed by atoms with Crippen LogP contribution < -0.4 is 0 Å². The zero-order chi connectivity index (χ0) is 28.6. The van der Waals surface area contributed by atoms with Crippen molar-refractivity contribution >= 4 is 23.0 Å². The average molecular weight is 563 g/mol. The van der Waals surface area contributed by atoms with Crippen LogP contribution in [0.1, 0.15) is 86.2 Å². The number of nitrogens with zero attached hydrogens (tertiary/aromatic N) is 2. The minimum absolute atomic E-state index is 0.0140. The van der Waals surface area contributed by atoms with Crippen LogP contribution in [0.3, 0.4) is 0 Å². The highest BCUT2D eigenvalue weighted by Crippen LogP contribution is 2.30. The van der Waals surface area contributed by atoms with Gasteiger partial charge in [-0.2, -0.15) is 0 Å². The number of carbonyl (C=O) groups excluding carboxylic acids is 2. The number of phenolic OH excluding ortho intramolecular Hbond substituents is 2. The number of ketones is 1. The Kier molecular flexibility index (Phi) is 10.4. The second kappa shape index (κ2) is 14.0. The zero-order valence-corrected chi connectivity index (χ0v) is 24.9. The first-order valence-electron chi connectivity index (χ1n) is 14.5. The third kappa shape index (κ3) is 7.73. The lowest BCUT2D eigenvalue weighted by molar-refractivity contribution is 0.0783. The van der Waals surface area contributed by atoms with E-state index < -0.39 is 5.91 Å². The van der Waals surface area contributed by atoms with Gasteiger partial charge in [-0.1, -0.05) is 31.5 Å². The number of benzene rings is 2. The Morgan fingerprint density at radius 2 is 1.68 bits per heavy atom. The summed E-state index contributed by atoms with van der Waals surface area (Å²) in [5, 5.41) is 20.9. The van der Waals surface area contributed by atoms with Gasteiger partial charge in [-0.3, -0.25) is 9.59 Å². The molecule has 2 heterocycles. The molecule has 0 spiro atoms. The van der Waals surface area contributed by atoms with E-state index in [1.165, 1.54) is 54.4 Å². The molecule has 3 aromatic rings. The molecule has 1 aliphatic heterocycles. The molecule has 0 saturated carbocycles. The number of carbonyl (C=O) groups is 2. The summed E-state index contributed by atoms with van der Waals surface area (Å²) in [6, 6.07) is 13.0. The summed E-state index contributed by atoms with van der Waals surface area (Å²) in [4.78, 5) is 32.5. The van der Waals surface area contributed by atoms with Crippen molar-refractivity contribution in [1.29, 1.82) is 0 Å². The Balaban J connectivity index is 1.38. The highest BCUT2D eigenvalue weighted by molar-refractivity contribution is 7.11. The number of phenols is 2. The molecule has 2 aromatic carbocycles. The number of piperidine rings is 1. The predicted molar refractivity (Wildman–Crippen MR) is 162 cm³/mol. The van der Waals surface area contributed by atoms with E-state index in [1.54, 1.807) is 18.4 Å². The van der Waals surface area contributed by atoms with E-state index in [-0.39, 0.29) is 34.8 Å². The molecule has 1 saturated heterocycles. The highest BCUT2D eigenvalue weighted by atomic mass is 32.1. The molecule has 1 fully saturated rings. The maximum Gasteiger partial charge on any atom is 0.257 e. The number of thiophene rings is 1. The first-order chi connectivity index (χ1) is 19.2. The van der Waals surface area contributed by atoms with Crippen molar-refractivity contribution in [1.82, 2.24) is 9.80 Å². The largest absolute Gasteiger partial charge is 0.507 e. The first kappa shape index (κ1) is 29.8. The number of rotatable bonds is 12. The molecule has 0 radical (unpaired) electrons. The summed E-state index contributed by atoms with van der Waals surface area (Å²) >= 11 is 1.61. The van der Waals surface area contributed by atoms with Crippen LogP contribution in [-0.2, 0) is 25.8 Å². The van der Waals surface area contributed by atoms with Crippen LogP contribution in [0.25, 0.3) is 0 Å². The molecule has 1 aliphatic rings. The van der Waals surface area contributed by atoms with Gasteiger partial charge in [0.2, 0.25) is 0 Å². The summed E-state index contributed by atoms with van der Waals surface area (Å²) in [5.41, 5.74) is 3.80. The monoisotopic (exact) mass is 562 g/mol. The van der Waals surface area contributed by atoms with E-state index in [1.807, 2.05) is 19.1 Å². The molecule has 0 unspecified atom stereocenters. The van der Waals surface area contributed by atoms with Crippen molar-refractivity contribution < 1.29 is 19.8 Å². The van der Waals surface area contributed by atoms with Crippen LogP contribution in [0.2, 0.25) is 0 Å². The zero-order valence-electron chi connectivity index (χ0n) is 24.0. The van der Waals surface area contributed by atoms with Gasteiger partial charge in [0.05, 0.1) is 17.7 Å². The third-order valence-electron chi connectivity index (χ3n) is 7.84. The van der Waals surface area contributed by atoms with E-state index in [4.69, 9.17) is 0 Å². The van der Waals surface area contributed by atoms with E-state index in [0.29, 0.717) is 13.0 Å². The molecule has 214 valence electrons. The number of likely N-dealkylation sites (tertiary alicyclic amines) is 1. The molecule has 7 heteroatoms. The molecule has 0 atom stereocenters. The van der Waals surface area contributed by atoms with E-state index in [0.717, 1.165) is 47.2 Å². The molecule has 6 nitrogen and oxygen atoms in total. The summed E-state index contributed by atoms with van der Waals surface area (Å²) in [6.45, 7) is 8.15. The highest BCUT2D eigenvalue weighted by Gasteiger charge is 2.22. The van der Waals surface area contributed by atoms with Crippen molar-refractivity contribution in [3.05, 3.63) is 80.0 Å². The van der Waals surface area contributed by atoms with Gasteiger partial charge in [-0.25, -0.2) is 0 Å². The first-order valence-corrected chi connectivity index (χ1v) is 15.3. The Labute approximate surface area is 242 Å². The van der Waals surface area contributed by atoms with Gasteiger partial charge in [0, 0.05) is 29.3 Å². The third-order valence-corrected chi connectivity index (χ3v) is 8.83. The van der Waals surface area contributed by atoms with Crippen LogP contribution in [-0.4, -0.2) is 58.4 Å². The Bertz CT molecular complexity index is 1330. The van der Waals surface area contributed by atoms with E-state index in [2.05, 4.69) is 30.0 Å². The van der Waals surface area contributed by atoms with Gasteiger partial charge in [-0.15, -0.1) is 11.3 Å². The standard InChI is InChI=1S/C33H42N2O4S/c1-4-25-19-24(9-8-18-35-16-6-5-7-17-35)11-12-26(25)13-15-30(36)28-20-29(32(38)21-31(28)37)33(39)34(3)22-27-14-10-23(2)40-27/h10-12,14,19-21,37-38H,4-9,13,15-18,22H2,1-3H3. The number of aromatic hydroxyl groups is 2. The Morgan fingerprint density at radius 3 is 2.38 bits per heavy atom. The molecule has 40 heavy (non-hydrogen) atoms. The predicted octanol–water partition coefficient (Wildman–Crippen LogP) is 6.54. The van der Waals surface area contributed by atoms with Crippen LogP contribution in [0, 0.1) is 6.92 Å². The van der Waals surface area contributed by atoms with E-state index >= 15 is 0 Å². The van der Waals surface area contributed by atoms with Crippen molar-refractivity contribution in [3.63, 3.8) is 0 Å². The number of amides is 1. The summed E-state index contributed by atoms with van der Waals surface area (Å²) in [5.74, 6) is -1.30. The van der Waals surface area contributed by atoms with Crippen LogP contribution in [0.5, 0.6) is 11.5 Å². The lowest BCUT2D eigenvalue weighted by Gasteiger charge is -2.26. The summed E-state index contributed by atoms with van der Waals surface area (Å²) < 4.78 is 0. The maximum atomic E-state index is 13.2. The van der Waals surface area contributed by atoms with Crippen molar-refractivity contribution in [2.24, 2.45) is 0 Å². The van der Waals surface area contributed by atoms with Gasteiger partial charge in [0.15, 0.2) is 5.78 Å². The Morgan fingerprint density at radius 1 is 0.925 bits per heavy atom. The quantitative estimate of drug-likeness (QED) is 0.245. The van der Waals surface area contributed by atoms with Gasteiger partial charge in [0.1, 0.15) is 11.5 Å². The fraction of sp³-hybridized carbons (Fsp3) is 0.455. The van der Waals surface area contributed by atoms with E-state index in [9.17, 15) is 19.8 Å². The second-order valence-corrected chi connectivity index (χ2v) is 12.3. The minimum Gasteiger partial charge on any atom is -0.507 e. The molecular formula is C33H42N2O4S. The van der Waals surface area contributed by atoms with Crippen molar-refractivity contribution in [3.8, 4) is 11.5 Å². The topological polar surface area (TPSA) is 81.1 Å². The minimum atomic E-state index is -0.401. The molecule has 1 aromatic heterocycles. The normalized spacial score (nSPS) is 13.9. The average Bonchev–Trinajstić information content (AvgIpc) is 3.36. The summed E-state index contributed by atoms with van der Waals surface area (Å²) in [6.07, 6.45) is 7.86. The van der Waals surface area contributed by atoms with Gasteiger partial charge < -0.3 is 20.0 Å². The van der Waals surface area contributed by atoms with Crippen LogP contribution >= 0.6 is 11.3 Å². The number of Topliss-reactive ketones (excluding diaryl/α,β-unsaturated/α-hetero) is 1. The SMILES string of the molecule is CCc1cc(CCCN2CCCCC2)ccc1CCC(=O)c1cc(C(=O)N(C)Cc2ccc(C)s2)c(O)cc1O. The molecule has 2 N–H and O–H groups in total. The fourth-order valence-corrected chi connectivity index (χ4v) is 6.48. The molecule has 0 aliphatic carbocycles. The van der Waals surface area contributed by atoms with Crippen LogP contribution in [0.4, 0.5) is 0 Å². The van der Waals surface area contributed by atoms with Crippen molar-refractivity contribution in [2.45, 2.75) is 71.8 Å². The second-order valence-electron chi connectivity index (χ2n) is 10.9. The molecule has 1 amide bonds. The maximum absolute atomic E-state index is 13.2. The van der Waals surface area contributed by atoms with Gasteiger partial charge in [0.25, 0.3) is 5.91 Å². The Hall–Kier alpha value is -3.16. The summed E-state index contributed by atoms with van der Waals surface area (Å²) in [7, 11) is 1.66. The molecule has 4 rings (SSSR count). The lowest BCUT2D eigenvalue weighted by Crippen LogP contribution is -2.30. The fourth-order valence-electron chi connectivity index (χ4n) is 5.53. The number of aryl methyl sites for hydroxylation is 4. The van der Waals surface area contributed by atoms with Gasteiger partial charge >= 0.3 is 0 Å². The van der Waals surface area contributed by atoms with Crippen molar-refractivity contribution in [2.75, 3.05) is 26.7 Å². The van der Waals surface area contributed by atoms with Crippen LogP contribution in [0.15, 0.2) is 42.5 Å². The molecular weight excluding hydrogens is 520 g/mol. The molecule has 0 bridgehead atoms. The smallest absolute Gasteiger partial charge is 0.257 e.